The second kappa shape index (κ2) is 36.0. The number of allylic oxidation sites excluding steroid dienone is 4. The van der Waals surface area contributed by atoms with E-state index < -0.39 is 154 Å². The third-order valence-electron chi connectivity index (χ3n) is 25.8. The summed E-state index contributed by atoms with van der Waals surface area (Å²) in [6, 6.07) is 0. The number of phenols is 4. The smallest absolute Gasteiger partial charge is 0.302 e. The van der Waals surface area contributed by atoms with Crippen molar-refractivity contribution in [3.63, 3.8) is 0 Å². The first-order chi connectivity index (χ1) is 57.4. The van der Waals surface area contributed by atoms with Gasteiger partial charge < -0.3 is 99.2 Å². The van der Waals surface area contributed by atoms with Crippen LogP contribution in [0.4, 0.5) is 11.4 Å². The fourth-order valence-corrected chi connectivity index (χ4v) is 17.9. The monoisotopic (exact) mass is 1690 g/mol. The second-order valence-corrected chi connectivity index (χ2v) is 34.1. The van der Waals surface area contributed by atoms with Crippen LogP contribution in [0, 0.1) is 72.0 Å². The van der Waals surface area contributed by atoms with E-state index in [0.29, 0.717) is 64.7 Å². The third-order valence-corrected chi connectivity index (χ3v) is 25.8. The Hall–Kier alpha value is -10.6. The van der Waals surface area contributed by atoms with Crippen molar-refractivity contribution in [1.82, 2.24) is 9.80 Å². The molecule has 2 fully saturated rings. The second-order valence-electron chi connectivity index (χ2n) is 34.1. The van der Waals surface area contributed by atoms with Gasteiger partial charge in [0.25, 0.3) is 23.4 Å². The van der Waals surface area contributed by atoms with E-state index in [9.17, 15) is 80.4 Å². The average Bonchev–Trinajstić information content (AvgIpc) is 1.54. The number of phenolic OH excluding ortho intramolecular Hbond substituents is 4. The zero-order chi connectivity index (χ0) is 89.8. The van der Waals surface area contributed by atoms with Crippen LogP contribution in [0.3, 0.4) is 0 Å². The molecule has 12 rings (SSSR count). The Kier molecular flexibility index (Phi) is 27.2. The number of rotatable bonds is 6. The fraction of sp³-hybridized carbons (Fsp3) is 0.556. The Bertz CT molecular complexity index is 5020. The van der Waals surface area contributed by atoms with Crippen LogP contribution in [0.2, 0.25) is 0 Å². The molecule has 0 aromatic heterocycles. The number of nitrogens with one attached hydrogen (secondary N) is 4. The van der Waals surface area contributed by atoms with Gasteiger partial charge in [-0.05, 0) is 39.8 Å². The van der Waals surface area contributed by atoms with Crippen LogP contribution in [0.25, 0.3) is 21.5 Å². The number of amides is 4. The van der Waals surface area contributed by atoms with Gasteiger partial charge in [0, 0.05) is 187 Å². The lowest BCUT2D eigenvalue weighted by Crippen LogP contribution is -2.46. The predicted octanol–water partition coefficient (Wildman–Crippen LogP) is 8.43. The van der Waals surface area contributed by atoms with Crippen LogP contribution in [0.1, 0.15) is 172 Å². The van der Waals surface area contributed by atoms with Crippen LogP contribution in [-0.4, -0.2) is 210 Å². The number of carbonyl (C=O) groups is 6. The van der Waals surface area contributed by atoms with E-state index in [4.69, 9.17) is 57.9 Å². The summed E-state index contributed by atoms with van der Waals surface area (Å²) in [6.45, 7) is 31.1. The Morgan fingerprint density at radius 1 is 0.492 bits per heavy atom. The summed E-state index contributed by atoms with van der Waals surface area (Å²) in [6.07, 6.45) is 10.1. The van der Waals surface area contributed by atoms with Crippen molar-refractivity contribution in [2.75, 3.05) is 51.0 Å². The summed E-state index contributed by atoms with van der Waals surface area (Å²) in [5, 5.41) is 119. The standard InChI is InChI=1S/2C45H59N5O11/c2*1-11-29(52)50-18-16-45(17-19-50)48-33-30-31-38(55)26(7)41-32(30)42(46)44(9,61-41)59-20-15-28(58-10)23(4)40(60-27(8)51)25(6)37(54)24(5)36(53)21(2)13-12-14-22(3)43(57)47-35(39(31)56)34(33)49-45/h2*12-15,20-21,23-25,28,36-37,40,46,53-56H,11,16-19H2,1-10H3,(H,47,57)/b2*13-12+,20-15+,22-14-,46-42?. The molecule has 8 bridgehead atoms. The van der Waals surface area contributed by atoms with Gasteiger partial charge in [-0.3, -0.25) is 59.6 Å². The van der Waals surface area contributed by atoms with Crippen LogP contribution < -0.4 is 41.5 Å². The number of aliphatic hydroxyl groups is 4. The number of hydrogen-bond acceptors (Lipinski definition) is 28. The number of esters is 2. The lowest BCUT2D eigenvalue weighted by Gasteiger charge is -2.38. The molecule has 32 nitrogen and oxygen atoms in total. The Morgan fingerprint density at radius 3 is 1.13 bits per heavy atom. The van der Waals surface area contributed by atoms with Crippen LogP contribution >= 0.6 is 0 Å². The number of aliphatic hydroxyl groups excluding tert-OH is 4. The molecular formula is C90H118N10O22. The number of methoxy groups -OCH3 is 2. The first kappa shape index (κ1) is 92.1. The molecule has 12 N–H and O–H groups in total. The van der Waals surface area contributed by atoms with Gasteiger partial charge in [-0.15, -0.1) is 0 Å². The molecule has 4 aromatic rings. The minimum atomic E-state index is -1.77. The molecule has 18 unspecified atom stereocenters. The number of hydrogen-bond donors (Lipinski definition) is 12. The molecule has 32 heteroatoms. The summed E-state index contributed by atoms with van der Waals surface area (Å²) in [7, 11) is 2.95. The number of aromatic hydroxyl groups is 4. The van der Waals surface area contributed by atoms with Gasteiger partial charge in [0.05, 0.1) is 81.8 Å². The van der Waals surface area contributed by atoms with Crippen molar-refractivity contribution in [3.8, 4) is 34.5 Å². The molecule has 8 aliphatic rings. The van der Waals surface area contributed by atoms with Gasteiger partial charge in [0.2, 0.25) is 11.8 Å². The predicted molar refractivity (Wildman–Crippen MR) is 452 cm³/mol. The average molecular weight is 1690 g/mol. The number of ether oxygens (including phenoxy) is 8. The normalized spacial score (nSPS) is 32.2. The van der Waals surface area contributed by atoms with Crippen LogP contribution in [-0.2, 0) is 57.2 Å². The van der Waals surface area contributed by atoms with Gasteiger partial charge in [-0.2, -0.15) is 0 Å². The van der Waals surface area contributed by atoms with E-state index in [1.165, 1.54) is 54.4 Å². The largest absolute Gasteiger partial charge is 0.507 e. The molecule has 122 heavy (non-hydrogen) atoms. The topological polar surface area (TPSA) is 466 Å². The van der Waals surface area contributed by atoms with Gasteiger partial charge >= 0.3 is 11.9 Å². The first-order valence-electron chi connectivity index (χ1n) is 41.7. The van der Waals surface area contributed by atoms with Crippen LogP contribution in [0.15, 0.2) is 92.2 Å². The van der Waals surface area contributed by atoms with E-state index in [-0.39, 0.29) is 134 Å². The summed E-state index contributed by atoms with van der Waals surface area (Å²) < 4.78 is 48.4. The Balaban J connectivity index is 0.000000238. The van der Waals surface area contributed by atoms with Gasteiger partial charge in [0.1, 0.15) is 68.7 Å². The maximum absolute atomic E-state index is 13.9. The van der Waals surface area contributed by atoms with Gasteiger partial charge in [-0.1, -0.05) is 106 Å². The van der Waals surface area contributed by atoms with Crippen molar-refractivity contribution in [1.29, 1.82) is 10.8 Å². The highest BCUT2D eigenvalue weighted by Crippen LogP contribution is 2.53. The number of likely N-dealkylation sites (tertiary alicyclic amines) is 2. The highest BCUT2D eigenvalue weighted by molar-refractivity contribution is 6.22. The molecule has 2 spiro atoms. The van der Waals surface area contributed by atoms with Crippen molar-refractivity contribution in [3.05, 3.63) is 116 Å². The molecule has 660 valence electrons. The van der Waals surface area contributed by atoms with Gasteiger partial charge in [-0.25, -0.2) is 0 Å². The molecule has 8 heterocycles. The SMILES string of the molecule is CCC(=O)N1CCC2(CC1)N=c1c3c(O)c4c(O)c(C)c5c(c4c1=N2)C(=N)C(C)(O/C=C/C(OC)C(C)C(OC(C)=O)C(C)C(O)C(C)C(O)C(C)/C=C/C=C(/C)C(=O)N3)O5.CCC(=O)N1CCC2(CC1)N=c1c3c(O)c4c(O)c(C)c5c(c4c1=N2)C(=N)C(C)(O/C=C/C(OC)C(C)C(OC(C)=O)C(C)C(O)C(C)C(O)C(C)/C=C/C=C(/C)C(=O)N3)O5. The van der Waals surface area contributed by atoms with E-state index in [2.05, 4.69) is 10.6 Å². The lowest BCUT2D eigenvalue weighted by molar-refractivity contribution is -0.161. The quantitative estimate of drug-likeness (QED) is 0.0636. The van der Waals surface area contributed by atoms with E-state index >= 15 is 0 Å². The van der Waals surface area contributed by atoms with Crippen molar-refractivity contribution in [2.24, 2.45) is 67.3 Å². The molecule has 18 atom stereocenters. The molecule has 0 saturated carbocycles. The minimum absolute atomic E-state index is 0.00337. The number of nitrogens with zero attached hydrogens (tertiary/aromatic N) is 6. The number of anilines is 2. The summed E-state index contributed by atoms with van der Waals surface area (Å²) >= 11 is 0. The number of fused-ring (bicyclic) bond motifs is 2. The molecule has 0 radical (unpaired) electrons. The molecule has 4 aromatic carbocycles. The summed E-state index contributed by atoms with van der Waals surface area (Å²) in [5.41, 5.74) is -1.35. The van der Waals surface area contributed by atoms with Gasteiger partial charge in [0.15, 0.2) is 22.8 Å². The molecular weight excluding hydrogens is 1570 g/mol. The van der Waals surface area contributed by atoms with Crippen molar-refractivity contribution < 1.29 is 108 Å². The third kappa shape index (κ3) is 17.2. The Labute approximate surface area is 708 Å². The van der Waals surface area contributed by atoms with Crippen molar-refractivity contribution in [2.45, 2.75) is 235 Å². The number of benzene rings is 4. The highest BCUT2D eigenvalue weighted by atomic mass is 16.7. The highest BCUT2D eigenvalue weighted by Gasteiger charge is 2.51. The Morgan fingerprint density at radius 2 is 0.820 bits per heavy atom. The fourth-order valence-electron chi connectivity index (χ4n) is 17.9. The maximum Gasteiger partial charge on any atom is 0.302 e. The lowest BCUT2D eigenvalue weighted by atomic mass is 9.78. The summed E-state index contributed by atoms with van der Waals surface area (Å²) in [5.74, 6) is -12.0. The number of carbonyl (C=O) groups excluding carboxylic acids is 6. The maximum atomic E-state index is 13.9. The molecule has 2 saturated heterocycles. The number of piperidine rings is 2. The molecule has 0 aliphatic carbocycles. The zero-order valence-electron chi connectivity index (χ0n) is 73.1. The van der Waals surface area contributed by atoms with E-state index in [1.807, 2.05) is 0 Å². The minimum Gasteiger partial charge on any atom is -0.507 e. The first-order valence-corrected chi connectivity index (χ1v) is 41.7. The van der Waals surface area contributed by atoms with E-state index in [0.717, 1.165) is 0 Å². The zero-order valence-corrected chi connectivity index (χ0v) is 73.1. The molecule has 4 amide bonds. The van der Waals surface area contributed by atoms with Crippen molar-refractivity contribution >= 4 is 79.9 Å². The van der Waals surface area contributed by atoms with E-state index in [1.54, 1.807) is 155 Å². The molecule has 8 aliphatic heterocycles. The van der Waals surface area contributed by atoms with Crippen LogP contribution in [0.5, 0.6) is 34.5 Å². The summed E-state index contributed by atoms with van der Waals surface area (Å²) in [4.78, 5) is 102.